The van der Waals surface area contributed by atoms with Crippen molar-refractivity contribution in [3.05, 3.63) is 0 Å². The van der Waals surface area contributed by atoms with E-state index in [0.29, 0.717) is 6.42 Å². The summed E-state index contributed by atoms with van der Waals surface area (Å²) in [6.45, 7) is 2.06. The van der Waals surface area contributed by atoms with Gasteiger partial charge < -0.3 is 10.6 Å². The quantitative estimate of drug-likeness (QED) is 0.455. The van der Waals surface area contributed by atoms with Crippen LogP contribution in [0.2, 0.25) is 0 Å². The lowest BCUT2D eigenvalue weighted by Gasteiger charge is -1.89. The summed E-state index contributed by atoms with van der Waals surface area (Å²) in [5.41, 5.74) is 0. The zero-order valence-corrected chi connectivity index (χ0v) is 5.68. The summed E-state index contributed by atoms with van der Waals surface area (Å²) < 4.78 is 0. The molecule has 3 nitrogen and oxygen atoms in total. The molecule has 3 N–H and O–H groups in total. The standard InChI is InChI=1S/C6H12O2.Al.H2O.3H/c1-2-3-4-5-6(7)8;;;;;/h2-5H2,1H3,(H,7,8);;1H2;;;. The van der Waals surface area contributed by atoms with Crippen molar-refractivity contribution in [2.24, 2.45) is 0 Å². The first-order valence-corrected chi connectivity index (χ1v) is 2.99. The van der Waals surface area contributed by atoms with E-state index in [1.165, 1.54) is 0 Å². The van der Waals surface area contributed by atoms with Gasteiger partial charge in [-0.1, -0.05) is 19.8 Å². The van der Waals surface area contributed by atoms with E-state index in [0.717, 1.165) is 19.3 Å². The fourth-order valence-electron chi connectivity index (χ4n) is 0.526. The summed E-state index contributed by atoms with van der Waals surface area (Å²) in [5, 5.41) is 8.14. The molecule has 0 spiro atoms. The zero-order chi connectivity index (χ0) is 6.41. The lowest BCUT2D eigenvalue weighted by atomic mass is 10.2. The van der Waals surface area contributed by atoms with Crippen molar-refractivity contribution in [3.63, 3.8) is 0 Å². The van der Waals surface area contributed by atoms with E-state index in [-0.39, 0.29) is 22.8 Å². The van der Waals surface area contributed by atoms with E-state index in [9.17, 15) is 4.79 Å². The molecule has 62 valence electrons. The van der Waals surface area contributed by atoms with Gasteiger partial charge >= 0.3 is 5.97 Å². The van der Waals surface area contributed by atoms with Gasteiger partial charge in [0.15, 0.2) is 17.4 Å². The number of carbonyl (C=O) groups is 1. The van der Waals surface area contributed by atoms with Crippen molar-refractivity contribution in [1.82, 2.24) is 0 Å². The van der Waals surface area contributed by atoms with Crippen molar-refractivity contribution in [2.45, 2.75) is 32.6 Å². The van der Waals surface area contributed by atoms with Crippen molar-refractivity contribution in [2.75, 3.05) is 0 Å². The number of aliphatic carboxylic acids is 1. The van der Waals surface area contributed by atoms with Gasteiger partial charge in [0, 0.05) is 6.42 Å². The Morgan fingerprint density at radius 3 is 2.20 bits per heavy atom. The summed E-state index contributed by atoms with van der Waals surface area (Å²) in [5.74, 6) is -0.682. The van der Waals surface area contributed by atoms with Crippen LogP contribution in [0.1, 0.15) is 32.6 Å². The number of hydrogen-bond acceptors (Lipinski definition) is 1. The molecule has 0 rings (SSSR count). The van der Waals surface area contributed by atoms with Crippen LogP contribution in [0.3, 0.4) is 0 Å². The lowest BCUT2D eigenvalue weighted by Crippen LogP contribution is -1.92. The highest BCUT2D eigenvalue weighted by atomic mass is 27.0. The number of unbranched alkanes of at least 4 members (excludes halogenated alkanes) is 2. The molecular formula is C6H17AlO3. The minimum Gasteiger partial charge on any atom is -0.481 e. The molecule has 0 aliphatic carbocycles. The second kappa shape index (κ2) is 11.7. The summed E-state index contributed by atoms with van der Waals surface area (Å²) in [4.78, 5) is 9.87. The maximum Gasteiger partial charge on any atom is 0.303 e. The topological polar surface area (TPSA) is 68.8 Å². The predicted molar refractivity (Wildman–Crippen MR) is 45.3 cm³/mol. The summed E-state index contributed by atoms with van der Waals surface area (Å²) in [6, 6.07) is 0. The van der Waals surface area contributed by atoms with Crippen molar-refractivity contribution in [1.29, 1.82) is 0 Å². The number of carboxylic acids is 1. The smallest absolute Gasteiger partial charge is 0.303 e. The van der Waals surface area contributed by atoms with Crippen LogP contribution in [0.25, 0.3) is 0 Å². The molecule has 10 heavy (non-hydrogen) atoms. The summed E-state index contributed by atoms with van der Waals surface area (Å²) in [7, 11) is 0. The Labute approximate surface area is 71.9 Å². The summed E-state index contributed by atoms with van der Waals surface area (Å²) >= 11 is 0. The fraction of sp³-hybridized carbons (Fsp3) is 0.833. The zero-order valence-electron chi connectivity index (χ0n) is 5.68. The van der Waals surface area contributed by atoms with Gasteiger partial charge in [-0.3, -0.25) is 4.79 Å². The highest BCUT2D eigenvalue weighted by Gasteiger charge is 1.92. The lowest BCUT2D eigenvalue weighted by molar-refractivity contribution is -0.137. The van der Waals surface area contributed by atoms with Gasteiger partial charge in [-0.2, -0.15) is 0 Å². The molecule has 0 unspecified atom stereocenters. The molecule has 0 fully saturated rings. The van der Waals surface area contributed by atoms with E-state index in [2.05, 4.69) is 6.92 Å². The monoisotopic (exact) mass is 164 g/mol. The normalized spacial score (nSPS) is 7.30. The fourth-order valence-corrected chi connectivity index (χ4v) is 0.526. The van der Waals surface area contributed by atoms with Crippen LogP contribution in [0.15, 0.2) is 0 Å². The first kappa shape index (κ1) is 16.5. The molecule has 4 heteroatoms. The molecule has 0 radical (unpaired) electrons. The Morgan fingerprint density at radius 1 is 1.40 bits per heavy atom. The van der Waals surface area contributed by atoms with Crippen LogP contribution in [0.5, 0.6) is 0 Å². The predicted octanol–water partition coefficient (Wildman–Crippen LogP) is -0.357. The third-order valence-electron chi connectivity index (χ3n) is 0.994. The van der Waals surface area contributed by atoms with Gasteiger partial charge in [0.1, 0.15) is 0 Å². The molecule has 0 aromatic heterocycles. The number of carboxylic acid groups (broad SMARTS) is 1. The van der Waals surface area contributed by atoms with E-state index in [1.54, 1.807) is 0 Å². The molecule has 0 aromatic rings. The highest BCUT2D eigenvalue weighted by molar-refractivity contribution is 5.75. The van der Waals surface area contributed by atoms with Gasteiger partial charge in [0.25, 0.3) is 0 Å². The molecule has 0 aliphatic rings. The molecule has 0 aliphatic heterocycles. The molecule has 0 saturated carbocycles. The molecule has 0 heterocycles. The first-order chi connectivity index (χ1) is 3.77. The van der Waals surface area contributed by atoms with Crippen molar-refractivity contribution < 1.29 is 15.4 Å². The van der Waals surface area contributed by atoms with Gasteiger partial charge in [0.05, 0.1) is 0 Å². The minimum absolute atomic E-state index is 0. The molecule has 0 aromatic carbocycles. The Morgan fingerprint density at radius 2 is 1.90 bits per heavy atom. The second-order valence-electron chi connectivity index (χ2n) is 1.85. The Hall–Kier alpha value is -0.0375. The van der Waals surface area contributed by atoms with Crippen molar-refractivity contribution >= 4 is 23.3 Å². The number of rotatable bonds is 4. The third kappa shape index (κ3) is 15.7. The molecular weight excluding hydrogens is 147 g/mol. The van der Waals surface area contributed by atoms with Crippen LogP contribution < -0.4 is 0 Å². The average Bonchev–Trinajstić information content (AvgIpc) is 1.66. The Balaban J connectivity index is -0.000000245. The molecule has 0 amide bonds. The third-order valence-corrected chi connectivity index (χ3v) is 0.994. The van der Waals surface area contributed by atoms with Crippen LogP contribution in [-0.4, -0.2) is 33.9 Å². The number of hydrogen-bond donors (Lipinski definition) is 1. The Kier molecular flexibility index (Phi) is 19.4. The maximum absolute atomic E-state index is 9.87. The van der Waals surface area contributed by atoms with E-state index in [4.69, 9.17) is 5.11 Å². The second-order valence-corrected chi connectivity index (χ2v) is 1.85. The van der Waals surface area contributed by atoms with Gasteiger partial charge in [0.2, 0.25) is 0 Å². The summed E-state index contributed by atoms with van der Waals surface area (Å²) in [6.07, 6.45) is 3.28. The van der Waals surface area contributed by atoms with Gasteiger partial charge in [-0.25, -0.2) is 0 Å². The van der Waals surface area contributed by atoms with Crippen molar-refractivity contribution in [3.8, 4) is 0 Å². The van der Waals surface area contributed by atoms with Crippen LogP contribution in [-0.2, 0) is 4.79 Å². The minimum atomic E-state index is -0.682. The maximum atomic E-state index is 9.87. The van der Waals surface area contributed by atoms with E-state index in [1.807, 2.05) is 0 Å². The van der Waals surface area contributed by atoms with Crippen LogP contribution >= 0.6 is 0 Å². The van der Waals surface area contributed by atoms with Crippen LogP contribution in [0.4, 0.5) is 0 Å². The SMILES string of the molecule is CCCCCC(=O)O.O.[AlH3]. The molecule has 0 saturated heterocycles. The van der Waals surface area contributed by atoms with Gasteiger partial charge in [-0.15, -0.1) is 0 Å². The average molecular weight is 164 g/mol. The highest BCUT2D eigenvalue weighted by Crippen LogP contribution is 1.97. The first-order valence-electron chi connectivity index (χ1n) is 2.99. The molecule has 0 bridgehead atoms. The van der Waals surface area contributed by atoms with Crippen LogP contribution in [0, 0.1) is 0 Å². The van der Waals surface area contributed by atoms with E-state index >= 15 is 0 Å². The Bertz CT molecular complexity index is 75.4. The van der Waals surface area contributed by atoms with Gasteiger partial charge in [-0.05, 0) is 6.42 Å². The van der Waals surface area contributed by atoms with E-state index < -0.39 is 5.97 Å². The molecule has 0 atom stereocenters. The largest absolute Gasteiger partial charge is 0.481 e.